The van der Waals surface area contributed by atoms with Crippen molar-refractivity contribution in [2.24, 2.45) is 45.3 Å². The molecule has 7 unspecified atom stereocenters. The van der Waals surface area contributed by atoms with Crippen LogP contribution in [0.25, 0.3) is 5.57 Å². The number of sulfone groups is 1. The van der Waals surface area contributed by atoms with Crippen molar-refractivity contribution in [2.75, 3.05) is 51.9 Å². The maximum atomic E-state index is 12.1. The van der Waals surface area contributed by atoms with E-state index >= 15 is 0 Å². The van der Waals surface area contributed by atoms with Gasteiger partial charge in [-0.05, 0) is 153 Å². The molecule has 57 heavy (non-hydrogen) atoms. The molecule has 0 bridgehead atoms. The van der Waals surface area contributed by atoms with Crippen molar-refractivity contribution in [2.45, 2.75) is 145 Å². The summed E-state index contributed by atoms with van der Waals surface area (Å²) in [6.45, 7) is 29.8. The topological polar surface area (TPSA) is 95.9 Å². The second-order valence-electron chi connectivity index (χ2n) is 18.6. The Morgan fingerprint density at radius 3 is 2.09 bits per heavy atom. The zero-order valence-corrected chi connectivity index (χ0v) is 39.3. The Morgan fingerprint density at radius 1 is 0.877 bits per heavy atom. The number of carbonyl (C=O) groups is 1. The lowest BCUT2D eigenvalue weighted by atomic mass is 9.33. The SMILES string of the molecule is C=CC.CC.CC.CO.COC(=O)c1ccc(C2=CCC3(C)C(CCC4(C)C3CCC3C5CCCC5(NCCCN5CCS(=O)(=O)CC5)CC[C@]34C)C2(C)C)cc1. The van der Waals surface area contributed by atoms with Crippen molar-refractivity contribution in [3.63, 3.8) is 0 Å². The van der Waals surface area contributed by atoms with Gasteiger partial charge in [0, 0.05) is 25.7 Å². The Bertz CT molecular complexity index is 1570. The number of hydrogen-bond donors (Lipinski definition) is 2. The number of nitrogens with zero attached hydrogens (tertiary/aromatic N) is 1. The number of hydrogen-bond acceptors (Lipinski definition) is 7. The summed E-state index contributed by atoms with van der Waals surface area (Å²) in [6, 6.07) is 8.12. The number of nitrogens with one attached hydrogen (secondary N) is 1. The number of aliphatic hydroxyl groups is 1. The highest BCUT2D eigenvalue weighted by molar-refractivity contribution is 7.91. The Balaban J connectivity index is 0.000000899. The van der Waals surface area contributed by atoms with Gasteiger partial charge in [-0.2, -0.15) is 0 Å². The Hall–Kier alpha value is -2.00. The van der Waals surface area contributed by atoms with Crippen molar-refractivity contribution in [1.29, 1.82) is 0 Å². The van der Waals surface area contributed by atoms with Gasteiger partial charge in [0.1, 0.15) is 0 Å². The van der Waals surface area contributed by atoms with Crippen LogP contribution in [0.15, 0.2) is 43.0 Å². The van der Waals surface area contributed by atoms with Crippen molar-refractivity contribution in [3.05, 3.63) is 54.1 Å². The minimum absolute atomic E-state index is 0.0679. The smallest absolute Gasteiger partial charge is 0.337 e. The van der Waals surface area contributed by atoms with Gasteiger partial charge in [-0.1, -0.05) is 93.0 Å². The predicted octanol–water partition coefficient (Wildman–Crippen LogP) is 10.6. The lowest BCUT2D eigenvalue weighted by Gasteiger charge is -2.72. The zero-order valence-electron chi connectivity index (χ0n) is 38.4. The highest BCUT2D eigenvalue weighted by atomic mass is 32.2. The van der Waals surface area contributed by atoms with Gasteiger partial charge in [0.15, 0.2) is 9.84 Å². The van der Waals surface area contributed by atoms with Gasteiger partial charge in [-0.15, -0.1) is 6.58 Å². The summed E-state index contributed by atoms with van der Waals surface area (Å²) in [4.78, 5) is 14.5. The largest absolute Gasteiger partial charge is 0.465 e. The third-order valence-electron chi connectivity index (χ3n) is 16.1. The van der Waals surface area contributed by atoms with Crippen LogP contribution in [0.5, 0.6) is 0 Å². The van der Waals surface area contributed by atoms with Crippen LogP contribution in [0.3, 0.4) is 0 Å². The number of rotatable bonds is 7. The molecule has 326 valence electrons. The fraction of sp³-hybridized carbons (Fsp3) is 0.776. The minimum atomic E-state index is -2.82. The molecule has 1 aromatic carbocycles. The number of aliphatic hydroxyl groups excluding tert-OH is 1. The van der Waals surface area contributed by atoms with Crippen molar-refractivity contribution in [3.8, 4) is 0 Å². The van der Waals surface area contributed by atoms with E-state index in [9.17, 15) is 13.2 Å². The Morgan fingerprint density at radius 2 is 1.49 bits per heavy atom. The fourth-order valence-electron chi connectivity index (χ4n) is 13.5. The molecule has 1 aliphatic heterocycles. The van der Waals surface area contributed by atoms with E-state index in [-0.39, 0.29) is 16.8 Å². The van der Waals surface area contributed by atoms with Gasteiger partial charge in [-0.25, -0.2) is 13.2 Å². The van der Waals surface area contributed by atoms with Gasteiger partial charge in [-0.3, -0.25) is 0 Å². The summed E-state index contributed by atoms with van der Waals surface area (Å²) in [6.07, 6.45) is 18.7. The van der Waals surface area contributed by atoms with Crippen LogP contribution in [0, 0.1) is 45.3 Å². The van der Waals surface area contributed by atoms with Crippen LogP contribution < -0.4 is 5.32 Å². The molecule has 5 fully saturated rings. The third-order valence-corrected chi connectivity index (χ3v) is 17.7. The molecule has 0 amide bonds. The van der Waals surface area contributed by atoms with E-state index < -0.39 is 9.84 Å². The minimum Gasteiger partial charge on any atom is -0.465 e. The summed E-state index contributed by atoms with van der Waals surface area (Å²) in [7, 11) is -0.370. The number of fused-ring (bicyclic) bond motifs is 7. The molecule has 1 saturated heterocycles. The molecular weight excluding hydrogens is 729 g/mol. The molecule has 8 atom stereocenters. The van der Waals surface area contributed by atoms with E-state index in [4.69, 9.17) is 9.84 Å². The molecule has 6 aliphatic rings. The molecule has 5 aliphatic carbocycles. The number of ether oxygens (including phenoxy) is 1. The highest BCUT2D eigenvalue weighted by Crippen LogP contribution is 2.76. The van der Waals surface area contributed by atoms with Gasteiger partial charge in [0.05, 0.1) is 24.2 Å². The van der Waals surface area contributed by atoms with Crippen molar-refractivity contribution < 1.29 is 23.1 Å². The second-order valence-corrected chi connectivity index (χ2v) is 20.9. The first-order chi connectivity index (χ1) is 27.1. The molecule has 4 saturated carbocycles. The molecule has 7 nitrogen and oxygen atoms in total. The number of methoxy groups -OCH3 is 1. The van der Waals surface area contributed by atoms with Crippen LogP contribution in [-0.2, 0) is 14.6 Å². The van der Waals surface area contributed by atoms with E-state index in [1.165, 1.54) is 76.0 Å². The average molecular weight is 813 g/mol. The number of allylic oxidation sites excluding steroid dienone is 3. The Labute approximate surface area is 350 Å². The monoisotopic (exact) mass is 813 g/mol. The number of esters is 1. The molecule has 0 aromatic heterocycles. The van der Waals surface area contributed by atoms with E-state index in [1.54, 1.807) is 6.08 Å². The van der Waals surface area contributed by atoms with Crippen LogP contribution in [0.4, 0.5) is 0 Å². The quantitative estimate of drug-likeness (QED) is 0.161. The van der Waals surface area contributed by atoms with Crippen LogP contribution in [0.2, 0.25) is 0 Å². The first kappa shape index (κ1) is 49.4. The molecule has 8 heteroatoms. The van der Waals surface area contributed by atoms with Crippen molar-refractivity contribution in [1.82, 2.24) is 10.2 Å². The van der Waals surface area contributed by atoms with Gasteiger partial charge < -0.3 is 20.1 Å². The van der Waals surface area contributed by atoms with Gasteiger partial charge in [0.2, 0.25) is 0 Å². The highest BCUT2D eigenvalue weighted by Gasteiger charge is 2.69. The lowest BCUT2D eigenvalue weighted by molar-refractivity contribution is -0.217. The number of carbonyl (C=O) groups excluding carboxylic acids is 1. The molecule has 0 radical (unpaired) electrons. The predicted molar refractivity (Wildman–Crippen MR) is 241 cm³/mol. The Kier molecular flexibility index (Phi) is 17.8. The second kappa shape index (κ2) is 20.5. The van der Waals surface area contributed by atoms with Gasteiger partial charge in [0.25, 0.3) is 0 Å². The van der Waals surface area contributed by atoms with E-state index in [0.717, 1.165) is 50.8 Å². The summed E-state index contributed by atoms with van der Waals surface area (Å²) in [5.74, 6) is 3.33. The first-order valence-corrected chi connectivity index (χ1v) is 24.5. The molecular formula is C49H84N2O5S. The summed E-state index contributed by atoms with van der Waals surface area (Å²) in [5, 5.41) is 11.2. The number of benzene rings is 1. The van der Waals surface area contributed by atoms with E-state index in [1.807, 2.05) is 46.8 Å². The molecule has 7 rings (SSSR count). The lowest BCUT2D eigenvalue weighted by Crippen LogP contribution is -2.67. The molecule has 1 aromatic rings. The maximum Gasteiger partial charge on any atom is 0.337 e. The van der Waals surface area contributed by atoms with Gasteiger partial charge >= 0.3 is 5.97 Å². The van der Waals surface area contributed by atoms with E-state index in [0.29, 0.717) is 52.4 Å². The zero-order chi connectivity index (χ0) is 42.9. The summed E-state index contributed by atoms with van der Waals surface area (Å²) in [5.41, 5.74) is 4.71. The summed E-state index contributed by atoms with van der Waals surface area (Å²) >= 11 is 0. The average Bonchev–Trinajstić information content (AvgIpc) is 3.64. The van der Waals surface area contributed by atoms with Crippen molar-refractivity contribution >= 4 is 21.4 Å². The third kappa shape index (κ3) is 9.50. The first-order valence-electron chi connectivity index (χ1n) is 22.7. The van der Waals surface area contributed by atoms with E-state index in [2.05, 4.69) is 69.6 Å². The standard InChI is InChI=1S/C41H62N2O4S.C3H6.2C2H6.CH4O/c1-37(2)31(29-10-12-30(13-11-29)36(44)47-6)16-19-38(3)34(37)17-20-40(5)35(38)15-14-32-33-9-7-18-41(33,22-21-39(32,40)4)42-23-8-24-43-25-27-48(45,46)28-26-43;1-3-2;3*1-2/h10-13,16,32-35,42H,7-9,14-15,17-28H2,1-6H3;3H,1H2,2H3;2*1-2H3;2H,1H3/t32?,33?,34?,35?,38?,39-,40?,41?;;;;/m1..../s1. The van der Waals surface area contributed by atoms with Crippen LogP contribution in [0.1, 0.15) is 156 Å². The molecule has 2 N–H and O–H groups in total. The molecule has 0 spiro atoms. The normalized spacial score (nSPS) is 35.6. The van der Waals surface area contributed by atoms with Crippen LogP contribution >= 0.6 is 0 Å². The van der Waals surface area contributed by atoms with Crippen LogP contribution in [-0.4, -0.2) is 81.8 Å². The summed E-state index contributed by atoms with van der Waals surface area (Å²) < 4.78 is 28.7. The fourth-order valence-corrected chi connectivity index (χ4v) is 14.8. The molecule has 1 heterocycles. The maximum absolute atomic E-state index is 12.1.